The quantitative estimate of drug-likeness (QED) is 0.459. The molecule has 0 fully saturated rings. The van der Waals surface area contributed by atoms with Crippen molar-refractivity contribution < 1.29 is 14.7 Å². The van der Waals surface area contributed by atoms with E-state index in [1.54, 1.807) is 24.3 Å². The molecule has 0 amide bonds. The molecule has 0 atom stereocenters. The summed E-state index contributed by atoms with van der Waals surface area (Å²) < 4.78 is 0. The summed E-state index contributed by atoms with van der Waals surface area (Å²) in [6.45, 7) is 1.52. The molecule has 1 heterocycles. The zero-order valence-corrected chi connectivity index (χ0v) is 12.9. The Bertz CT molecular complexity index is 806. The molecule has 0 radical (unpaired) electrons. The third-order valence-electron chi connectivity index (χ3n) is 3.75. The molecule has 0 saturated carbocycles. The summed E-state index contributed by atoms with van der Waals surface area (Å²) >= 11 is 0. The zero-order chi connectivity index (χ0) is 17.1. The van der Waals surface area contributed by atoms with Crippen LogP contribution in [-0.2, 0) is 0 Å². The summed E-state index contributed by atoms with van der Waals surface area (Å²) in [5, 5.41) is 22.4. The lowest BCUT2D eigenvalue weighted by molar-refractivity contribution is 0.0979. The van der Waals surface area contributed by atoms with E-state index >= 15 is 0 Å². The first-order valence-corrected chi connectivity index (χ1v) is 7.55. The molecule has 3 rings (SSSR count). The number of nitrogens with one attached hydrogen (secondary N) is 2. The molecule has 0 saturated heterocycles. The Morgan fingerprint density at radius 1 is 0.958 bits per heavy atom. The molecule has 1 aliphatic carbocycles. The van der Waals surface area contributed by atoms with Crippen LogP contribution in [0.15, 0.2) is 24.3 Å². The monoisotopic (exact) mass is 327 g/mol. The first kappa shape index (κ1) is 16.0. The highest BCUT2D eigenvalue weighted by molar-refractivity contribution is 6.31. The van der Waals surface area contributed by atoms with Crippen molar-refractivity contribution >= 4 is 23.2 Å². The van der Waals surface area contributed by atoms with Gasteiger partial charge >= 0.3 is 0 Å². The van der Waals surface area contributed by atoms with Gasteiger partial charge in [0.05, 0.1) is 17.7 Å². The van der Waals surface area contributed by atoms with Crippen LogP contribution in [0.1, 0.15) is 31.8 Å². The van der Waals surface area contributed by atoms with Crippen molar-refractivity contribution in [1.29, 1.82) is 0 Å². The minimum absolute atomic E-state index is 0.0425. The van der Waals surface area contributed by atoms with E-state index in [1.807, 2.05) is 0 Å². The highest BCUT2D eigenvalue weighted by atomic mass is 16.3. The molecule has 2 aromatic rings. The van der Waals surface area contributed by atoms with Crippen molar-refractivity contribution in [1.82, 2.24) is 15.5 Å². The van der Waals surface area contributed by atoms with Gasteiger partial charge in [-0.1, -0.05) is 24.3 Å². The summed E-state index contributed by atoms with van der Waals surface area (Å²) in [6, 6.07) is 6.62. The molecule has 8 heteroatoms. The number of rotatable bonds is 6. The van der Waals surface area contributed by atoms with Gasteiger partial charge in [0.25, 0.3) is 0 Å². The number of aliphatic hydroxyl groups excluding tert-OH is 1. The maximum Gasteiger partial charge on any atom is 0.198 e. The summed E-state index contributed by atoms with van der Waals surface area (Å²) in [6.07, 6.45) is 0. The average Bonchev–Trinajstić information content (AvgIpc) is 2.60. The normalized spacial score (nSPS) is 12.7. The van der Waals surface area contributed by atoms with E-state index in [2.05, 4.69) is 20.8 Å². The van der Waals surface area contributed by atoms with E-state index in [4.69, 9.17) is 10.8 Å². The fraction of sp³-hybridized carbons (Fsp3) is 0.250. The smallest absolute Gasteiger partial charge is 0.198 e. The first-order chi connectivity index (χ1) is 11.6. The van der Waals surface area contributed by atoms with E-state index in [1.165, 1.54) is 0 Å². The maximum absolute atomic E-state index is 12.8. The second-order valence-electron chi connectivity index (χ2n) is 5.29. The van der Waals surface area contributed by atoms with E-state index < -0.39 is 0 Å². The lowest BCUT2D eigenvalue weighted by atomic mass is 9.84. The summed E-state index contributed by atoms with van der Waals surface area (Å²) in [4.78, 5) is 25.5. The number of hydrogen-bond donors (Lipinski definition) is 4. The number of carbonyl (C=O) groups excluding carboxylic acids is 2. The van der Waals surface area contributed by atoms with Crippen LogP contribution in [0.3, 0.4) is 0 Å². The van der Waals surface area contributed by atoms with Gasteiger partial charge in [0, 0.05) is 30.8 Å². The van der Waals surface area contributed by atoms with E-state index in [-0.39, 0.29) is 40.9 Å². The fourth-order valence-electron chi connectivity index (χ4n) is 2.65. The topological polar surface area (TPSA) is 130 Å². The Morgan fingerprint density at radius 2 is 1.62 bits per heavy atom. The van der Waals surface area contributed by atoms with Crippen LogP contribution < -0.4 is 16.4 Å². The van der Waals surface area contributed by atoms with Crippen molar-refractivity contribution in [2.24, 2.45) is 0 Å². The van der Waals surface area contributed by atoms with E-state index in [0.717, 1.165) is 0 Å². The fourth-order valence-corrected chi connectivity index (χ4v) is 2.65. The Kier molecular flexibility index (Phi) is 4.50. The Balaban J connectivity index is 1.95. The molecule has 24 heavy (non-hydrogen) atoms. The number of aromatic nitrogens is 2. The van der Waals surface area contributed by atoms with Gasteiger partial charge in [0.2, 0.25) is 0 Å². The van der Waals surface area contributed by atoms with E-state index in [0.29, 0.717) is 30.8 Å². The minimum Gasteiger partial charge on any atom is -0.395 e. The lowest BCUT2D eigenvalue weighted by Gasteiger charge is -2.20. The highest BCUT2D eigenvalue weighted by Gasteiger charge is 2.34. The van der Waals surface area contributed by atoms with Crippen LogP contribution in [-0.4, -0.2) is 53.1 Å². The molecule has 1 aromatic carbocycles. The van der Waals surface area contributed by atoms with Crippen LogP contribution in [0, 0.1) is 0 Å². The number of nitrogens with two attached hydrogens (primary N) is 1. The standard InChI is InChI=1S/C16H17N5O3/c17-15-11-12(16(21-20-15)19-6-5-18-7-8-22)14(24)10-4-2-1-3-9(10)13(11)23/h1-4,18,22H,5-8H2,(H2,17,20)(H,19,21). The average molecular weight is 327 g/mol. The van der Waals surface area contributed by atoms with Gasteiger partial charge < -0.3 is 21.5 Å². The second kappa shape index (κ2) is 6.73. The van der Waals surface area contributed by atoms with Crippen molar-refractivity contribution in [3.05, 3.63) is 46.5 Å². The summed E-state index contributed by atoms with van der Waals surface area (Å²) in [7, 11) is 0. The van der Waals surface area contributed by atoms with Crippen LogP contribution >= 0.6 is 0 Å². The first-order valence-electron chi connectivity index (χ1n) is 7.55. The Hall–Kier alpha value is -2.84. The number of ketones is 2. The van der Waals surface area contributed by atoms with Gasteiger partial charge in [-0.2, -0.15) is 0 Å². The maximum atomic E-state index is 12.8. The molecular weight excluding hydrogens is 310 g/mol. The summed E-state index contributed by atoms with van der Waals surface area (Å²) in [5.74, 6) is -0.443. The van der Waals surface area contributed by atoms with Crippen molar-refractivity contribution in [2.45, 2.75) is 0 Å². The number of nitrogen functional groups attached to an aromatic ring is 1. The van der Waals surface area contributed by atoms with Crippen LogP contribution in [0.5, 0.6) is 0 Å². The minimum atomic E-state index is -0.325. The van der Waals surface area contributed by atoms with Gasteiger partial charge in [0.15, 0.2) is 23.2 Å². The molecule has 124 valence electrons. The number of hydrogen-bond acceptors (Lipinski definition) is 8. The molecule has 1 aromatic heterocycles. The molecule has 1 aliphatic rings. The number of fused-ring (bicyclic) bond motifs is 2. The second-order valence-corrected chi connectivity index (χ2v) is 5.29. The predicted molar refractivity (Wildman–Crippen MR) is 88.2 cm³/mol. The van der Waals surface area contributed by atoms with Crippen molar-refractivity contribution in [3.63, 3.8) is 0 Å². The Morgan fingerprint density at radius 3 is 2.29 bits per heavy atom. The van der Waals surface area contributed by atoms with Crippen molar-refractivity contribution in [2.75, 3.05) is 37.3 Å². The zero-order valence-electron chi connectivity index (χ0n) is 12.9. The lowest BCUT2D eigenvalue weighted by Crippen LogP contribution is -2.28. The predicted octanol–water partition coefficient (Wildman–Crippen LogP) is -0.172. The van der Waals surface area contributed by atoms with Gasteiger partial charge in [-0.15, -0.1) is 10.2 Å². The van der Waals surface area contributed by atoms with Gasteiger partial charge in [-0.25, -0.2) is 0 Å². The van der Waals surface area contributed by atoms with Crippen molar-refractivity contribution in [3.8, 4) is 0 Å². The molecule has 0 bridgehead atoms. The Labute approximate surface area is 138 Å². The molecule has 0 unspecified atom stereocenters. The molecule has 0 aliphatic heterocycles. The molecule has 5 N–H and O–H groups in total. The largest absolute Gasteiger partial charge is 0.395 e. The van der Waals surface area contributed by atoms with E-state index in [9.17, 15) is 9.59 Å². The molecule has 0 spiro atoms. The van der Waals surface area contributed by atoms with Gasteiger partial charge in [-0.3, -0.25) is 9.59 Å². The summed E-state index contributed by atoms with van der Waals surface area (Å²) in [5.41, 5.74) is 6.72. The number of carbonyl (C=O) groups is 2. The third kappa shape index (κ3) is 2.72. The number of anilines is 2. The SMILES string of the molecule is Nc1nnc(NCCNCCO)c2c1C(=O)c1ccccc1C2=O. The van der Waals surface area contributed by atoms with Crippen LogP contribution in [0.25, 0.3) is 0 Å². The van der Waals surface area contributed by atoms with Gasteiger partial charge in [0.1, 0.15) is 0 Å². The molecular formula is C16H17N5O3. The number of aliphatic hydroxyl groups is 1. The van der Waals surface area contributed by atoms with Crippen LogP contribution in [0.2, 0.25) is 0 Å². The highest BCUT2D eigenvalue weighted by Crippen LogP contribution is 2.32. The molecule has 8 nitrogen and oxygen atoms in total. The number of nitrogens with zero attached hydrogens (tertiary/aromatic N) is 2. The van der Waals surface area contributed by atoms with Gasteiger partial charge in [-0.05, 0) is 0 Å². The third-order valence-corrected chi connectivity index (χ3v) is 3.75. The number of benzene rings is 1. The van der Waals surface area contributed by atoms with Crippen LogP contribution in [0.4, 0.5) is 11.6 Å².